The molecule has 0 spiro atoms. The topological polar surface area (TPSA) is 56.3 Å². The van der Waals surface area contributed by atoms with E-state index >= 15 is 0 Å². The minimum Gasteiger partial charge on any atom is -0.370 e. The summed E-state index contributed by atoms with van der Waals surface area (Å²) in [6.07, 6.45) is 1.89. The van der Waals surface area contributed by atoms with Gasteiger partial charge in [-0.1, -0.05) is 0 Å². The lowest BCUT2D eigenvalue weighted by molar-refractivity contribution is -0.0535. The van der Waals surface area contributed by atoms with Crippen molar-refractivity contribution in [3.05, 3.63) is 53.1 Å². The van der Waals surface area contributed by atoms with Crippen LogP contribution in [0.1, 0.15) is 29.5 Å². The number of aryl methyl sites for hydroxylation is 1. The van der Waals surface area contributed by atoms with Crippen molar-refractivity contribution >= 4 is 0 Å². The lowest BCUT2D eigenvalue weighted by Gasteiger charge is -2.38. The second-order valence-electron chi connectivity index (χ2n) is 6.63. The van der Waals surface area contributed by atoms with Gasteiger partial charge in [-0.15, -0.1) is 0 Å². The van der Waals surface area contributed by atoms with E-state index in [0.717, 1.165) is 30.9 Å². The third-order valence-electron chi connectivity index (χ3n) is 5.03. The van der Waals surface area contributed by atoms with Crippen LogP contribution in [0.5, 0.6) is 0 Å². The molecular formula is C17H20F2N4O. The molecule has 3 atom stereocenters. The fraction of sp³-hybridized carbons (Fsp3) is 0.471. The van der Waals surface area contributed by atoms with Gasteiger partial charge in [-0.25, -0.2) is 13.8 Å². The molecule has 24 heavy (non-hydrogen) atoms. The number of imidazole rings is 1. The Morgan fingerprint density at radius 2 is 2.12 bits per heavy atom. The Kier molecular flexibility index (Phi) is 3.86. The molecule has 2 aromatic rings. The number of hydrogen-bond acceptors (Lipinski definition) is 4. The lowest BCUT2D eigenvalue weighted by atomic mass is 9.93. The van der Waals surface area contributed by atoms with E-state index in [9.17, 15) is 8.78 Å². The van der Waals surface area contributed by atoms with Crippen LogP contribution < -0.4 is 5.73 Å². The number of nitrogens with two attached hydrogens (primary N) is 1. The van der Waals surface area contributed by atoms with Crippen LogP contribution in [0, 0.1) is 11.6 Å². The highest BCUT2D eigenvalue weighted by molar-refractivity contribution is 5.24. The molecule has 5 nitrogen and oxygen atoms in total. The predicted octanol–water partition coefficient (Wildman–Crippen LogP) is 1.87. The first-order valence-corrected chi connectivity index (χ1v) is 8.08. The molecule has 2 aliphatic heterocycles. The number of nitrogens with zero attached hydrogens (tertiary/aromatic N) is 3. The zero-order valence-electron chi connectivity index (χ0n) is 13.5. The molecule has 0 saturated carbocycles. The molecule has 0 bridgehead atoms. The average molecular weight is 334 g/mol. The molecule has 2 N–H and O–H groups in total. The number of ether oxygens (including phenoxy) is 1. The third-order valence-corrected chi connectivity index (χ3v) is 5.03. The van der Waals surface area contributed by atoms with Crippen LogP contribution in [0.4, 0.5) is 8.78 Å². The molecule has 3 heterocycles. The Bertz CT molecular complexity index is 763. The Hall–Kier alpha value is -1.83. The van der Waals surface area contributed by atoms with Crippen molar-refractivity contribution in [3.63, 3.8) is 0 Å². The molecule has 4 rings (SSSR count). The van der Waals surface area contributed by atoms with Gasteiger partial charge in [0.2, 0.25) is 0 Å². The first kappa shape index (κ1) is 15.7. The largest absolute Gasteiger partial charge is 0.370 e. The molecule has 0 unspecified atom stereocenters. The molecule has 1 fully saturated rings. The minimum absolute atomic E-state index is 0.155. The smallest absolute Gasteiger partial charge is 0.129 e. The number of fused-ring (bicyclic) bond motifs is 1. The van der Waals surface area contributed by atoms with Crippen LogP contribution >= 0.6 is 0 Å². The van der Waals surface area contributed by atoms with E-state index in [2.05, 4.69) is 9.88 Å². The Balaban J connectivity index is 1.46. The predicted molar refractivity (Wildman–Crippen MR) is 83.9 cm³/mol. The van der Waals surface area contributed by atoms with Crippen molar-refractivity contribution in [2.45, 2.75) is 37.7 Å². The molecular weight excluding hydrogens is 314 g/mol. The first-order chi connectivity index (χ1) is 11.5. The second-order valence-corrected chi connectivity index (χ2v) is 6.63. The highest BCUT2D eigenvalue weighted by atomic mass is 19.1. The highest BCUT2D eigenvalue weighted by Crippen LogP contribution is 2.33. The molecule has 7 heteroatoms. The van der Waals surface area contributed by atoms with E-state index in [1.807, 2.05) is 17.9 Å². The Morgan fingerprint density at radius 1 is 1.29 bits per heavy atom. The second kappa shape index (κ2) is 5.91. The van der Waals surface area contributed by atoms with Crippen LogP contribution in [0.15, 0.2) is 24.5 Å². The maximum Gasteiger partial charge on any atom is 0.129 e. The van der Waals surface area contributed by atoms with Crippen molar-refractivity contribution < 1.29 is 13.5 Å². The minimum atomic E-state index is -0.611. The summed E-state index contributed by atoms with van der Waals surface area (Å²) in [5.41, 5.74) is 8.74. The van der Waals surface area contributed by atoms with Crippen molar-refractivity contribution in [1.82, 2.24) is 14.5 Å². The number of aromatic nitrogens is 2. The van der Waals surface area contributed by atoms with E-state index in [1.165, 1.54) is 11.8 Å². The van der Waals surface area contributed by atoms with Gasteiger partial charge in [-0.3, -0.25) is 4.90 Å². The summed E-state index contributed by atoms with van der Waals surface area (Å²) in [4.78, 5) is 6.69. The zero-order valence-corrected chi connectivity index (χ0v) is 13.5. The molecule has 1 saturated heterocycles. The molecule has 2 aliphatic rings. The molecule has 0 amide bonds. The standard InChI is InChI=1S/C17H20F2N4O/c1-22-9-21-15-6-23(7-16(15)22)11-5-14(20)17(24-8-11)12-4-10(18)2-3-13(12)19/h2-4,9,11,14,17H,5-8,20H2,1H3/t11-,14+,17-/m1/s1. The van der Waals surface area contributed by atoms with Gasteiger partial charge in [0.05, 0.1) is 24.3 Å². The summed E-state index contributed by atoms with van der Waals surface area (Å²) < 4.78 is 35.3. The van der Waals surface area contributed by atoms with Crippen molar-refractivity contribution in [1.29, 1.82) is 0 Å². The van der Waals surface area contributed by atoms with E-state index in [-0.39, 0.29) is 17.6 Å². The maximum absolute atomic E-state index is 14.0. The van der Waals surface area contributed by atoms with E-state index in [1.54, 1.807) is 0 Å². The quantitative estimate of drug-likeness (QED) is 0.911. The number of rotatable bonds is 2. The monoisotopic (exact) mass is 334 g/mol. The van der Waals surface area contributed by atoms with Gasteiger partial charge in [0.15, 0.2) is 0 Å². The fourth-order valence-electron chi connectivity index (χ4n) is 3.69. The van der Waals surface area contributed by atoms with E-state index in [0.29, 0.717) is 13.0 Å². The van der Waals surface area contributed by atoms with Gasteiger partial charge in [0.25, 0.3) is 0 Å². The average Bonchev–Trinajstić information content (AvgIpc) is 3.12. The fourth-order valence-corrected chi connectivity index (χ4v) is 3.69. The number of benzene rings is 1. The van der Waals surface area contributed by atoms with Crippen LogP contribution in [0.2, 0.25) is 0 Å². The maximum atomic E-state index is 14.0. The molecule has 1 aromatic heterocycles. The van der Waals surface area contributed by atoms with Gasteiger partial charge in [0, 0.05) is 37.8 Å². The Morgan fingerprint density at radius 3 is 2.88 bits per heavy atom. The summed E-state index contributed by atoms with van der Waals surface area (Å²) in [5.74, 6) is -0.960. The van der Waals surface area contributed by atoms with Crippen LogP contribution in [0.25, 0.3) is 0 Å². The summed E-state index contributed by atoms with van der Waals surface area (Å²) in [5, 5.41) is 0. The SMILES string of the molecule is Cn1cnc2c1CN([C@H]1CO[C@H](c3cc(F)ccc3F)[C@@H](N)C1)C2. The van der Waals surface area contributed by atoms with E-state index in [4.69, 9.17) is 10.5 Å². The summed E-state index contributed by atoms with van der Waals surface area (Å²) in [6, 6.07) is 3.18. The normalized spacial score (nSPS) is 27.4. The number of halogens is 2. The van der Waals surface area contributed by atoms with Crippen LogP contribution in [-0.4, -0.2) is 33.1 Å². The van der Waals surface area contributed by atoms with Gasteiger partial charge in [-0.2, -0.15) is 0 Å². The summed E-state index contributed by atoms with van der Waals surface area (Å²) in [6.45, 7) is 2.03. The van der Waals surface area contributed by atoms with Gasteiger partial charge in [0.1, 0.15) is 17.7 Å². The first-order valence-electron chi connectivity index (χ1n) is 8.08. The Labute approximate surface area is 139 Å². The zero-order chi connectivity index (χ0) is 16.8. The molecule has 1 aromatic carbocycles. The van der Waals surface area contributed by atoms with E-state index < -0.39 is 17.7 Å². The third kappa shape index (κ3) is 2.62. The van der Waals surface area contributed by atoms with Crippen molar-refractivity contribution in [3.8, 4) is 0 Å². The van der Waals surface area contributed by atoms with Gasteiger partial charge < -0.3 is 15.0 Å². The molecule has 128 valence electrons. The highest BCUT2D eigenvalue weighted by Gasteiger charge is 2.37. The number of hydrogen-bond donors (Lipinski definition) is 1. The van der Waals surface area contributed by atoms with Gasteiger partial charge in [-0.05, 0) is 24.6 Å². The molecule has 0 radical (unpaired) electrons. The lowest BCUT2D eigenvalue weighted by Crippen LogP contribution is -2.47. The summed E-state index contributed by atoms with van der Waals surface area (Å²) >= 11 is 0. The van der Waals surface area contributed by atoms with Crippen molar-refractivity contribution in [2.24, 2.45) is 12.8 Å². The van der Waals surface area contributed by atoms with Crippen molar-refractivity contribution in [2.75, 3.05) is 6.61 Å². The van der Waals surface area contributed by atoms with Gasteiger partial charge >= 0.3 is 0 Å². The summed E-state index contributed by atoms with van der Waals surface area (Å²) in [7, 11) is 1.99. The van der Waals surface area contributed by atoms with Crippen LogP contribution in [0.3, 0.4) is 0 Å². The van der Waals surface area contributed by atoms with Crippen LogP contribution in [-0.2, 0) is 24.9 Å². The molecule has 0 aliphatic carbocycles.